The summed E-state index contributed by atoms with van der Waals surface area (Å²) in [5, 5.41) is 6.82. The summed E-state index contributed by atoms with van der Waals surface area (Å²) < 4.78 is 0. The quantitative estimate of drug-likeness (QED) is 0.806. The molecule has 2 aliphatic rings. The summed E-state index contributed by atoms with van der Waals surface area (Å²) in [7, 11) is 0. The van der Waals surface area contributed by atoms with E-state index in [1.54, 1.807) is 11.3 Å². The van der Waals surface area contributed by atoms with Gasteiger partial charge < -0.3 is 10.2 Å². The number of hydrogen-bond acceptors (Lipinski definition) is 4. The molecule has 4 nitrogen and oxygen atoms in total. The standard InChI is InChI=1S/C18H29N3OS.2ClH/c1-18(2,3)17-20-15(12-23-17)10-16(22)21-8-6-14(7-9-21)19-11-13-4-5-13;;/h12-14,19H,4-11H2,1-3H3;2*1H. The van der Waals surface area contributed by atoms with Crippen LogP contribution in [0.2, 0.25) is 0 Å². The maximum absolute atomic E-state index is 12.5. The van der Waals surface area contributed by atoms with Crippen molar-refractivity contribution in [3.63, 3.8) is 0 Å². The van der Waals surface area contributed by atoms with E-state index in [4.69, 9.17) is 0 Å². The molecule has 7 heteroatoms. The molecule has 144 valence electrons. The fourth-order valence-electron chi connectivity index (χ4n) is 2.99. The number of thiazole rings is 1. The number of halogens is 2. The van der Waals surface area contributed by atoms with Crippen molar-refractivity contribution in [2.24, 2.45) is 5.92 Å². The number of carbonyl (C=O) groups excluding carboxylic acids is 1. The van der Waals surface area contributed by atoms with Gasteiger partial charge in [0.05, 0.1) is 17.1 Å². The highest BCUT2D eigenvalue weighted by molar-refractivity contribution is 7.09. The van der Waals surface area contributed by atoms with Crippen LogP contribution in [-0.2, 0) is 16.6 Å². The Bertz CT molecular complexity index is 547. The monoisotopic (exact) mass is 407 g/mol. The predicted octanol–water partition coefficient (Wildman–Crippen LogP) is 3.82. The van der Waals surface area contributed by atoms with Crippen molar-refractivity contribution >= 4 is 42.1 Å². The lowest BCUT2D eigenvalue weighted by atomic mass is 9.98. The Morgan fingerprint density at radius 1 is 1.24 bits per heavy atom. The van der Waals surface area contributed by atoms with Gasteiger partial charge in [0.2, 0.25) is 5.91 Å². The molecule has 0 unspecified atom stereocenters. The summed E-state index contributed by atoms with van der Waals surface area (Å²) in [5.41, 5.74) is 0.997. The zero-order valence-corrected chi connectivity index (χ0v) is 17.9. The van der Waals surface area contributed by atoms with E-state index in [0.717, 1.165) is 42.6 Å². The van der Waals surface area contributed by atoms with Gasteiger partial charge >= 0.3 is 0 Å². The van der Waals surface area contributed by atoms with Crippen LogP contribution in [0.4, 0.5) is 0 Å². The van der Waals surface area contributed by atoms with Crippen molar-refractivity contribution in [2.45, 2.75) is 64.3 Å². The molecule has 1 aliphatic carbocycles. The number of rotatable bonds is 5. The molecule has 2 heterocycles. The van der Waals surface area contributed by atoms with Crippen molar-refractivity contribution in [1.82, 2.24) is 15.2 Å². The van der Waals surface area contributed by atoms with Crippen molar-refractivity contribution < 1.29 is 4.79 Å². The molecule has 3 rings (SSSR count). The van der Waals surface area contributed by atoms with Crippen molar-refractivity contribution in [2.75, 3.05) is 19.6 Å². The maximum atomic E-state index is 12.5. The summed E-state index contributed by atoms with van der Waals surface area (Å²) in [5.74, 6) is 1.16. The minimum absolute atomic E-state index is 0. The van der Waals surface area contributed by atoms with E-state index < -0.39 is 0 Å². The number of likely N-dealkylation sites (tertiary alicyclic amines) is 1. The van der Waals surface area contributed by atoms with Crippen LogP contribution < -0.4 is 5.32 Å². The van der Waals surface area contributed by atoms with Crippen LogP contribution in [0.25, 0.3) is 0 Å². The Morgan fingerprint density at radius 2 is 1.88 bits per heavy atom. The molecular weight excluding hydrogens is 377 g/mol. The number of nitrogens with one attached hydrogen (secondary N) is 1. The first-order chi connectivity index (χ1) is 10.9. The molecular formula is C18H31Cl2N3OS. The third kappa shape index (κ3) is 6.70. The second-order valence-corrected chi connectivity index (χ2v) is 8.94. The van der Waals surface area contributed by atoms with E-state index in [9.17, 15) is 4.79 Å². The second-order valence-electron chi connectivity index (χ2n) is 8.08. The maximum Gasteiger partial charge on any atom is 0.228 e. The van der Waals surface area contributed by atoms with Gasteiger partial charge in [-0.3, -0.25) is 4.79 Å². The summed E-state index contributed by atoms with van der Waals surface area (Å²) >= 11 is 1.67. The summed E-state index contributed by atoms with van der Waals surface area (Å²) in [6.45, 7) is 9.44. The molecule has 0 aromatic carbocycles. The van der Waals surface area contributed by atoms with Gasteiger partial charge in [-0.1, -0.05) is 20.8 Å². The summed E-state index contributed by atoms with van der Waals surface area (Å²) in [6.07, 6.45) is 5.42. The molecule has 1 amide bonds. The highest BCUT2D eigenvalue weighted by Crippen LogP contribution is 2.28. The van der Waals surface area contributed by atoms with E-state index in [-0.39, 0.29) is 36.1 Å². The molecule has 1 saturated heterocycles. The van der Waals surface area contributed by atoms with Crippen LogP contribution in [0.3, 0.4) is 0 Å². The second kappa shape index (κ2) is 9.54. The van der Waals surface area contributed by atoms with Crippen LogP contribution in [-0.4, -0.2) is 41.5 Å². The van der Waals surface area contributed by atoms with Gasteiger partial charge in [-0.15, -0.1) is 36.2 Å². The lowest BCUT2D eigenvalue weighted by Gasteiger charge is -2.32. The fraction of sp³-hybridized carbons (Fsp3) is 0.778. The van der Waals surface area contributed by atoms with E-state index in [2.05, 4.69) is 31.1 Å². The van der Waals surface area contributed by atoms with Gasteiger partial charge in [-0.2, -0.15) is 0 Å². The lowest BCUT2D eigenvalue weighted by molar-refractivity contribution is -0.131. The number of aromatic nitrogens is 1. The SMILES string of the molecule is CC(C)(C)c1nc(CC(=O)N2CCC(NCC3CC3)CC2)cs1.Cl.Cl. The van der Waals surface area contributed by atoms with Gasteiger partial charge in [0.15, 0.2) is 0 Å². The average molecular weight is 408 g/mol. The molecule has 0 radical (unpaired) electrons. The molecule has 1 aliphatic heterocycles. The minimum Gasteiger partial charge on any atom is -0.342 e. The molecule has 0 bridgehead atoms. The zero-order chi connectivity index (χ0) is 16.4. The number of amides is 1. The molecule has 1 N–H and O–H groups in total. The van der Waals surface area contributed by atoms with Crippen LogP contribution in [0.1, 0.15) is 57.2 Å². The highest BCUT2D eigenvalue weighted by Gasteiger charge is 2.26. The molecule has 1 saturated carbocycles. The number of piperidine rings is 1. The fourth-order valence-corrected chi connectivity index (χ4v) is 3.89. The van der Waals surface area contributed by atoms with Crippen LogP contribution in [0, 0.1) is 5.92 Å². The van der Waals surface area contributed by atoms with Crippen molar-refractivity contribution in [3.05, 3.63) is 16.1 Å². The molecule has 25 heavy (non-hydrogen) atoms. The van der Waals surface area contributed by atoms with E-state index in [1.807, 2.05) is 10.3 Å². The molecule has 2 fully saturated rings. The highest BCUT2D eigenvalue weighted by atomic mass is 35.5. The van der Waals surface area contributed by atoms with E-state index in [0.29, 0.717) is 12.5 Å². The number of hydrogen-bond donors (Lipinski definition) is 1. The topological polar surface area (TPSA) is 45.2 Å². The molecule has 0 atom stereocenters. The first kappa shape index (κ1) is 22.7. The van der Waals surface area contributed by atoms with Crippen molar-refractivity contribution in [3.8, 4) is 0 Å². The Kier molecular flexibility index (Phi) is 8.65. The Hall–Kier alpha value is -0.360. The molecule has 1 aromatic heterocycles. The predicted molar refractivity (Wildman–Crippen MR) is 109 cm³/mol. The number of carbonyl (C=O) groups is 1. The lowest BCUT2D eigenvalue weighted by Crippen LogP contribution is -2.45. The third-order valence-electron chi connectivity index (χ3n) is 4.77. The van der Waals surface area contributed by atoms with Gasteiger partial charge in [-0.05, 0) is 38.1 Å². The average Bonchev–Trinajstić information content (AvgIpc) is 3.21. The first-order valence-electron chi connectivity index (χ1n) is 8.88. The number of nitrogens with zero attached hydrogens (tertiary/aromatic N) is 2. The van der Waals surface area contributed by atoms with Crippen LogP contribution >= 0.6 is 36.2 Å². The third-order valence-corrected chi connectivity index (χ3v) is 6.08. The van der Waals surface area contributed by atoms with Gasteiger partial charge in [0.25, 0.3) is 0 Å². The molecule has 0 spiro atoms. The zero-order valence-electron chi connectivity index (χ0n) is 15.4. The minimum atomic E-state index is 0. The van der Waals surface area contributed by atoms with Gasteiger partial charge in [-0.25, -0.2) is 4.98 Å². The Balaban J connectivity index is 0.00000156. The smallest absolute Gasteiger partial charge is 0.228 e. The Morgan fingerprint density at radius 3 is 2.40 bits per heavy atom. The molecule has 1 aromatic rings. The largest absolute Gasteiger partial charge is 0.342 e. The summed E-state index contributed by atoms with van der Waals surface area (Å²) in [4.78, 5) is 19.1. The Labute approximate surface area is 168 Å². The normalized spacial score (nSPS) is 18.4. The van der Waals surface area contributed by atoms with E-state index >= 15 is 0 Å². The van der Waals surface area contributed by atoms with Gasteiger partial charge in [0.1, 0.15) is 0 Å². The van der Waals surface area contributed by atoms with E-state index in [1.165, 1.54) is 19.4 Å². The van der Waals surface area contributed by atoms with Crippen molar-refractivity contribution in [1.29, 1.82) is 0 Å². The summed E-state index contributed by atoms with van der Waals surface area (Å²) in [6, 6.07) is 0.603. The van der Waals surface area contributed by atoms with Crippen LogP contribution in [0.15, 0.2) is 5.38 Å². The van der Waals surface area contributed by atoms with Crippen LogP contribution in [0.5, 0.6) is 0 Å². The first-order valence-corrected chi connectivity index (χ1v) is 9.76. The van der Waals surface area contributed by atoms with Gasteiger partial charge in [0, 0.05) is 29.9 Å².